The van der Waals surface area contributed by atoms with E-state index in [2.05, 4.69) is 11.4 Å². The lowest BCUT2D eigenvalue weighted by Gasteiger charge is -2.36. The maximum absolute atomic E-state index is 13.8. The monoisotopic (exact) mass is 502 g/mol. The number of nitrogens with one attached hydrogen (secondary N) is 2. The van der Waals surface area contributed by atoms with Crippen molar-refractivity contribution in [1.82, 2.24) is 4.57 Å². The minimum Gasteiger partial charge on any atom is -0.608 e. The highest BCUT2D eigenvalue weighted by molar-refractivity contribution is 7.86. The van der Waals surface area contributed by atoms with Gasteiger partial charge in [0.1, 0.15) is 0 Å². The van der Waals surface area contributed by atoms with Crippen LogP contribution in [0.25, 0.3) is 0 Å². The number of anilines is 2. The molecular weight excluding hydrogens is 468 g/mol. The van der Waals surface area contributed by atoms with Crippen LogP contribution in [0.1, 0.15) is 59.2 Å². The fourth-order valence-corrected chi connectivity index (χ4v) is 7.34. The van der Waals surface area contributed by atoms with Crippen LogP contribution < -0.4 is 14.1 Å². The van der Waals surface area contributed by atoms with Gasteiger partial charge in [-0.2, -0.15) is 12.9 Å². The molecule has 0 bridgehead atoms. The lowest BCUT2D eigenvalue weighted by Crippen LogP contribution is -3.14. The maximum Gasteiger partial charge on any atom is 0.436 e. The van der Waals surface area contributed by atoms with E-state index in [1.807, 2.05) is 25.5 Å². The zero-order valence-electron chi connectivity index (χ0n) is 20.6. The van der Waals surface area contributed by atoms with Gasteiger partial charge in [0.2, 0.25) is 0 Å². The van der Waals surface area contributed by atoms with Gasteiger partial charge in [-0.05, 0) is 93.0 Å². The Morgan fingerprint density at radius 1 is 1.11 bits per heavy atom. The fourth-order valence-electron chi connectivity index (χ4n) is 5.83. The van der Waals surface area contributed by atoms with E-state index < -0.39 is 26.8 Å². The van der Waals surface area contributed by atoms with Crippen molar-refractivity contribution in [2.75, 3.05) is 22.8 Å². The summed E-state index contributed by atoms with van der Waals surface area (Å²) in [7, 11) is -2.77. The first kappa shape index (κ1) is 24.3. The number of carbonyl (C=O) groups excluding carboxylic acids is 1. The smallest absolute Gasteiger partial charge is 0.436 e. The number of urea groups is 1. The average Bonchev–Trinajstić information content (AvgIpc) is 3.56. The highest BCUT2D eigenvalue weighted by atomic mass is 32.2. The first-order valence-corrected chi connectivity index (χ1v) is 13.9. The Morgan fingerprint density at radius 2 is 1.71 bits per heavy atom. The predicted molar refractivity (Wildman–Crippen MR) is 134 cm³/mol. The molecule has 2 amide bonds. The van der Waals surface area contributed by atoms with Crippen LogP contribution in [0, 0.1) is 19.1 Å². The molecule has 0 saturated carbocycles. The van der Waals surface area contributed by atoms with Crippen molar-refractivity contribution in [3.8, 4) is 0 Å². The highest BCUT2D eigenvalue weighted by Crippen LogP contribution is 2.38. The number of hydroxylamine groups is 1. The summed E-state index contributed by atoms with van der Waals surface area (Å²) in [5.74, 6) is 0. The summed E-state index contributed by atoms with van der Waals surface area (Å²) < 4.78 is 34.6. The van der Waals surface area contributed by atoms with Crippen molar-refractivity contribution in [3.63, 3.8) is 0 Å². The van der Waals surface area contributed by atoms with Crippen LogP contribution in [0.5, 0.6) is 0 Å². The molecule has 10 heteroatoms. The molecule has 5 rings (SSSR count). The van der Waals surface area contributed by atoms with Gasteiger partial charge in [0.15, 0.2) is 0 Å². The first-order valence-electron chi connectivity index (χ1n) is 12.5. The molecule has 3 aliphatic rings. The highest BCUT2D eigenvalue weighted by Gasteiger charge is 2.41. The molecule has 0 spiro atoms. The molecule has 2 aliphatic carbocycles. The summed E-state index contributed by atoms with van der Waals surface area (Å²) in [6.07, 6.45) is 8.19. The fraction of sp³-hybridized carbons (Fsp3) is 0.560. The third kappa shape index (κ3) is 4.16. The Balaban J connectivity index is 1.49. The third-order valence-corrected chi connectivity index (χ3v) is 9.59. The molecule has 1 unspecified atom stereocenters. The normalized spacial score (nSPS) is 18.9. The molecule has 190 valence electrons. The van der Waals surface area contributed by atoms with Crippen molar-refractivity contribution in [2.45, 2.75) is 71.3 Å². The van der Waals surface area contributed by atoms with Crippen LogP contribution in [-0.4, -0.2) is 38.3 Å². The molecule has 2 heterocycles. The largest absolute Gasteiger partial charge is 0.608 e. The van der Waals surface area contributed by atoms with E-state index in [9.17, 15) is 18.4 Å². The first-order chi connectivity index (χ1) is 16.7. The van der Waals surface area contributed by atoms with Crippen LogP contribution in [0.4, 0.5) is 16.2 Å². The number of aryl methyl sites for hydroxylation is 3. The quantitative estimate of drug-likeness (QED) is 0.611. The summed E-state index contributed by atoms with van der Waals surface area (Å²) in [6.45, 7) is 4.56. The van der Waals surface area contributed by atoms with E-state index in [4.69, 9.17) is 4.74 Å². The van der Waals surface area contributed by atoms with E-state index in [0.717, 1.165) is 60.9 Å². The molecule has 1 fully saturated rings. The van der Waals surface area contributed by atoms with Gasteiger partial charge in [-0.25, -0.2) is 9.10 Å². The number of fused-ring (bicyclic) bond motifs is 2. The van der Waals surface area contributed by atoms with Gasteiger partial charge in [0.25, 0.3) is 0 Å². The SMILES string of the molecule is Cc1c(N(C2CCOCC2)S(=O)(=O)[NH+]([O-])C(=O)Nc2c3c(cc4c2CCC4)CCC3)cn(C)c1C. The lowest BCUT2D eigenvalue weighted by molar-refractivity contribution is -0.604. The molecule has 1 aromatic heterocycles. The Morgan fingerprint density at radius 3 is 2.26 bits per heavy atom. The van der Waals surface area contributed by atoms with Gasteiger partial charge in [0, 0.05) is 32.2 Å². The maximum atomic E-state index is 13.8. The number of aromatic nitrogens is 1. The molecule has 1 aromatic carbocycles. The Bertz CT molecular complexity index is 1230. The zero-order valence-corrected chi connectivity index (χ0v) is 21.5. The van der Waals surface area contributed by atoms with Crippen molar-refractivity contribution in [2.24, 2.45) is 7.05 Å². The molecule has 2 aromatic rings. The second-order valence-electron chi connectivity index (χ2n) is 9.96. The van der Waals surface area contributed by atoms with Gasteiger partial charge in [0.05, 0.1) is 17.4 Å². The van der Waals surface area contributed by atoms with E-state index in [0.29, 0.717) is 37.4 Å². The van der Waals surface area contributed by atoms with Crippen LogP contribution >= 0.6 is 0 Å². The zero-order chi connectivity index (χ0) is 24.9. The number of benzene rings is 1. The second-order valence-corrected chi connectivity index (χ2v) is 11.7. The number of hydrogen-bond acceptors (Lipinski definition) is 5. The lowest BCUT2D eigenvalue weighted by atomic mass is 9.99. The summed E-state index contributed by atoms with van der Waals surface area (Å²) in [6, 6.07) is 0.699. The van der Waals surface area contributed by atoms with Crippen molar-refractivity contribution in [1.29, 1.82) is 0 Å². The van der Waals surface area contributed by atoms with Crippen LogP contribution in [-0.2, 0) is 47.7 Å². The minimum absolute atomic E-state index is 0.407. The van der Waals surface area contributed by atoms with E-state index >= 15 is 0 Å². The van der Waals surface area contributed by atoms with E-state index in [1.165, 1.54) is 15.4 Å². The van der Waals surface area contributed by atoms with Gasteiger partial charge in [-0.1, -0.05) is 6.07 Å². The third-order valence-electron chi connectivity index (χ3n) is 7.92. The number of carbonyl (C=O) groups is 1. The van der Waals surface area contributed by atoms with Crippen LogP contribution in [0.2, 0.25) is 0 Å². The number of hydrogen-bond donors (Lipinski definition) is 2. The number of quaternary nitrogens is 1. The van der Waals surface area contributed by atoms with Crippen LogP contribution in [0.15, 0.2) is 12.3 Å². The molecule has 1 aliphatic heterocycles. The summed E-state index contributed by atoms with van der Waals surface area (Å²) in [5.41, 5.74) is 7.31. The Hall–Kier alpha value is -2.40. The van der Waals surface area contributed by atoms with Crippen molar-refractivity contribution < 1.29 is 22.4 Å². The van der Waals surface area contributed by atoms with Gasteiger partial charge < -0.3 is 14.5 Å². The molecule has 35 heavy (non-hydrogen) atoms. The number of ether oxygens (including phenoxy) is 1. The van der Waals surface area contributed by atoms with Crippen molar-refractivity contribution >= 4 is 27.6 Å². The van der Waals surface area contributed by atoms with Gasteiger partial charge >= 0.3 is 16.2 Å². The second kappa shape index (κ2) is 9.24. The molecule has 1 atom stereocenters. The average molecular weight is 503 g/mol. The number of nitrogens with zero attached hydrogens (tertiary/aromatic N) is 2. The Kier molecular flexibility index (Phi) is 6.41. The van der Waals surface area contributed by atoms with Gasteiger partial charge in [-0.3, -0.25) is 5.32 Å². The molecule has 1 saturated heterocycles. The summed E-state index contributed by atoms with van der Waals surface area (Å²) in [5, 5.41) is 16.1. The van der Waals surface area contributed by atoms with E-state index in [1.54, 1.807) is 6.20 Å². The van der Waals surface area contributed by atoms with Gasteiger partial charge in [-0.15, -0.1) is 0 Å². The van der Waals surface area contributed by atoms with Crippen LogP contribution in [0.3, 0.4) is 0 Å². The predicted octanol–water partition coefficient (Wildman–Crippen LogP) is 2.46. The minimum atomic E-state index is -4.61. The molecule has 9 nitrogen and oxygen atoms in total. The standard InChI is InChI=1S/C25H34N4O5S/c1-16-17(2)27(3)15-23(16)28(20-10-12-34-13-11-20)35(32,33)29(31)25(30)26-24-21-8-4-6-18(21)14-19-7-5-9-22(19)24/h14-15,20,29H,4-13H2,1-3H3,(H,26,30). The summed E-state index contributed by atoms with van der Waals surface area (Å²) in [4.78, 5) is 13.2. The molecule has 2 N–H and O–H groups in total. The molecular formula is C25H34N4O5S. The van der Waals surface area contributed by atoms with Crippen molar-refractivity contribution in [3.05, 3.63) is 51.0 Å². The van der Waals surface area contributed by atoms with E-state index in [-0.39, 0.29) is 0 Å². The molecule has 0 radical (unpaired) electrons. The number of amides is 2. The summed E-state index contributed by atoms with van der Waals surface area (Å²) >= 11 is 0. The number of rotatable bonds is 5. The topological polar surface area (TPSA) is 108 Å². The Labute approximate surface area is 206 Å².